The Morgan fingerprint density at radius 1 is 1.03 bits per heavy atom. The molecule has 2 fully saturated rings. The number of carbonyl (C=O) groups is 1. The lowest BCUT2D eigenvalue weighted by Gasteiger charge is -2.31. The molecule has 2 aromatic rings. The minimum absolute atomic E-state index is 0.188. The van der Waals surface area contributed by atoms with Crippen LogP contribution in [0.15, 0.2) is 42.5 Å². The van der Waals surface area contributed by atoms with Crippen molar-refractivity contribution >= 4 is 11.6 Å². The van der Waals surface area contributed by atoms with Crippen LogP contribution >= 0.6 is 0 Å². The summed E-state index contributed by atoms with van der Waals surface area (Å²) in [6, 6.07) is 10.6. The van der Waals surface area contributed by atoms with Gasteiger partial charge in [0.25, 0.3) is 0 Å². The minimum atomic E-state index is -4.77. The van der Waals surface area contributed by atoms with E-state index in [2.05, 4.69) is 17.4 Å². The third kappa shape index (κ3) is 4.09. The van der Waals surface area contributed by atoms with Crippen LogP contribution in [0.25, 0.3) is 0 Å². The van der Waals surface area contributed by atoms with Crippen molar-refractivity contribution in [1.82, 2.24) is 5.32 Å². The summed E-state index contributed by atoms with van der Waals surface area (Å²) in [6.07, 6.45) is -1.82. The quantitative estimate of drug-likeness (QED) is 0.710. The van der Waals surface area contributed by atoms with Crippen LogP contribution in [-0.2, 0) is 11.0 Å². The van der Waals surface area contributed by atoms with Gasteiger partial charge in [0.15, 0.2) is 0 Å². The average Bonchev–Trinajstić information content (AvgIpc) is 3.42. The van der Waals surface area contributed by atoms with Gasteiger partial charge in [-0.25, -0.2) is 4.39 Å². The molecule has 1 N–H and O–H groups in total. The molecule has 0 spiro atoms. The standard InChI is InChI=1S/C22H22F4N2O/c1-13(29)27-20-10-11-28(17-8-9-19(23)18(12-17)22(24,25)26)21(20)16-6-4-15(5-7-16)14-2-3-14/h4-9,12,14,20-21H,2-3,10-11H2,1H3,(H,27,29)/t20-,21-/m1/s1. The molecule has 1 amide bonds. The van der Waals surface area contributed by atoms with Crippen LogP contribution in [0.4, 0.5) is 23.2 Å². The normalized spacial score (nSPS) is 22.0. The number of carbonyl (C=O) groups excluding carboxylic acids is 1. The Balaban J connectivity index is 1.70. The number of halogens is 4. The molecular formula is C22H22F4N2O. The lowest BCUT2D eigenvalue weighted by Crippen LogP contribution is -2.38. The van der Waals surface area contributed by atoms with E-state index in [0.717, 1.165) is 17.7 Å². The molecule has 2 aliphatic rings. The van der Waals surface area contributed by atoms with Gasteiger partial charge in [0.2, 0.25) is 5.91 Å². The van der Waals surface area contributed by atoms with E-state index in [1.54, 1.807) is 0 Å². The second-order valence-corrected chi connectivity index (χ2v) is 7.84. The molecule has 154 valence electrons. The Bertz CT molecular complexity index is 906. The second kappa shape index (κ2) is 7.35. The van der Waals surface area contributed by atoms with E-state index in [-0.39, 0.29) is 18.0 Å². The molecule has 1 saturated heterocycles. The number of benzene rings is 2. The van der Waals surface area contributed by atoms with Gasteiger partial charge in [-0.05, 0) is 54.5 Å². The van der Waals surface area contributed by atoms with Crippen molar-refractivity contribution in [3.8, 4) is 0 Å². The number of hydrogen-bond acceptors (Lipinski definition) is 2. The van der Waals surface area contributed by atoms with Crippen LogP contribution in [-0.4, -0.2) is 18.5 Å². The van der Waals surface area contributed by atoms with Crippen LogP contribution in [0.1, 0.15) is 54.8 Å². The van der Waals surface area contributed by atoms with Gasteiger partial charge in [0, 0.05) is 19.2 Å². The number of rotatable bonds is 4. The van der Waals surface area contributed by atoms with Crippen molar-refractivity contribution in [3.63, 3.8) is 0 Å². The van der Waals surface area contributed by atoms with Crippen molar-refractivity contribution in [2.24, 2.45) is 0 Å². The third-order valence-electron chi connectivity index (χ3n) is 5.70. The van der Waals surface area contributed by atoms with Gasteiger partial charge in [-0.15, -0.1) is 0 Å². The highest BCUT2D eigenvalue weighted by molar-refractivity contribution is 5.73. The maximum Gasteiger partial charge on any atom is 0.419 e. The fraction of sp³-hybridized carbons (Fsp3) is 0.409. The van der Waals surface area contributed by atoms with E-state index in [1.165, 1.54) is 31.4 Å². The average molecular weight is 406 g/mol. The van der Waals surface area contributed by atoms with Gasteiger partial charge in [-0.3, -0.25) is 4.79 Å². The number of anilines is 1. The van der Waals surface area contributed by atoms with Crippen LogP contribution in [0, 0.1) is 5.82 Å². The van der Waals surface area contributed by atoms with Crippen molar-refractivity contribution in [3.05, 3.63) is 65.0 Å². The summed E-state index contributed by atoms with van der Waals surface area (Å²) in [5, 5.41) is 2.92. The summed E-state index contributed by atoms with van der Waals surface area (Å²) in [7, 11) is 0. The minimum Gasteiger partial charge on any atom is -0.362 e. The first-order chi connectivity index (χ1) is 13.7. The lowest BCUT2D eigenvalue weighted by atomic mass is 9.97. The number of nitrogens with zero attached hydrogens (tertiary/aromatic N) is 1. The van der Waals surface area contributed by atoms with Gasteiger partial charge in [0.1, 0.15) is 5.82 Å². The highest BCUT2D eigenvalue weighted by Gasteiger charge is 2.39. The molecule has 2 atom stereocenters. The molecule has 29 heavy (non-hydrogen) atoms. The van der Waals surface area contributed by atoms with Crippen molar-refractivity contribution < 1.29 is 22.4 Å². The predicted octanol–water partition coefficient (Wildman–Crippen LogP) is 5.18. The van der Waals surface area contributed by atoms with E-state index in [1.807, 2.05) is 17.0 Å². The Kier molecular flexibility index (Phi) is 5.00. The molecule has 0 unspecified atom stereocenters. The number of nitrogens with one attached hydrogen (secondary N) is 1. The van der Waals surface area contributed by atoms with Crippen LogP contribution in [0.3, 0.4) is 0 Å². The van der Waals surface area contributed by atoms with Gasteiger partial charge in [-0.2, -0.15) is 13.2 Å². The molecule has 2 aromatic carbocycles. The predicted molar refractivity (Wildman–Crippen MR) is 102 cm³/mol. The molecule has 0 bridgehead atoms. The smallest absolute Gasteiger partial charge is 0.362 e. The molecule has 0 aromatic heterocycles. The third-order valence-corrected chi connectivity index (χ3v) is 5.70. The first-order valence-electron chi connectivity index (χ1n) is 9.74. The zero-order valence-corrected chi connectivity index (χ0v) is 16.0. The molecule has 1 heterocycles. The summed E-state index contributed by atoms with van der Waals surface area (Å²) in [6.45, 7) is 1.89. The molecule has 4 rings (SSSR count). The maximum atomic E-state index is 13.8. The van der Waals surface area contributed by atoms with E-state index in [9.17, 15) is 22.4 Å². The largest absolute Gasteiger partial charge is 0.419 e. The molecule has 1 aliphatic carbocycles. The number of hydrogen-bond donors (Lipinski definition) is 1. The molecule has 1 aliphatic heterocycles. The topological polar surface area (TPSA) is 32.3 Å². The van der Waals surface area contributed by atoms with E-state index >= 15 is 0 Å². The Morgan fingerprint density at radius 3 is 2.28 bits per heavy atom. The fourth-order valence-corrected chi connectivity index (χ4v) is 4.20. The van der Waals surface area contributed by atoms with Gasteiger partial charge in [-0.1, -0.05) is 24.3 Å². The van der Waals surface area contributed by atoms with E-state index in [0.29, 0.717) is 24.6 Å². The summed E-state index contributed by atoms with van der Waals surface area (Å²) in [4.78, 5) is 13.5. The first kappa shape index (κ1) is 19.7. The van der Waals surface area contributed by atoms with Crippen molar-refractivity contribution in [2.75, 3.05) is 11.4 Å². The number of amides is 1. The lowest BCUT2D eigenvalue weighted by molar-refractivity contribution is -0.140. The summed E-state index contributed by atoms with van der Waals surface area (Å²) < 4.78 is 53.3. The summed E-state index contributed by atoms with van der Waals surface area (Å²) in [5.41, 5.74) is 1.20. The Hall–Kier alpha value is -2.57. The molecule has 0 radical (unpaired) electrons. The Labute approximate surface area is 166 Å². The first-order valence-corrected chi connectivity index (χ1v) is 9.74. The van der Waals surface area contributed by atoms with Crippen molar-refractivity contribution in [1.29, 1.82) is 0 Å². The summed E-state index contributed by atoms with van der Waals surface area (Å²) >= 11 is 0. The molecular weight excluding hydrogens is 384 g/mol. The van der Waals surface area contributed by atoms with Gasteiger partial charge in [0.05, 0.1) is 17.6 Å². The van der Waals surface area contributed by atoms with E-state index < -0.39 is 17.6 Å². The Morgan fingerprint density at radius 2 is 1.69 bits per heavy atom. The highest BCUT2D eigenvalue weighted by atomic mass is 19.4. The zero-order chi connectivity index (χ0) is 20.8. The van der Waals surface area contributed by atoms with Crippen molar-refractivity contribution in [2.45, 2.75) is 50.4 Å². The second-order valence-electron chi connectivity index (χ2n) is 7.84. The van der Waals surface area contributed by atoms with Crippen LogP contribution in [0.5, 0.6) is 0 Å². The molecule has 3 nitrogen and oxygen atoms in total. The van der Waals surface area contributed by atoms with Crippen LogP contribution < -0.4 is 10.2 Å². The van der Waals surface area contributed by atoms with Crippen LogP contribution in [0.2, 0.25) is 0 Å². The summed E-state index contributed by atoms with van der Waals surface area (Å²) in [5.74, 6) is -0.878. The maximum absolute atomic E-state index is 13.8. The SMILES string of the molecule is CC(=O)N[C@@H]1CCN(c2ccc(F)c(C(F)(F)F)c2)[C@@H]1c1ccc(C2CC2)cc1. The number of alkyl halides is 3. The monoisotopic (exact) mass is 406 g/mol. The van der Waals surface area contributed by atoms with E-state index in [4.69, 9.17) is 0 Å². The molecule has 1 saturated carbocycles. The van der Waals surface area contributed by atoms with Gasteiger partial charge < -0.3 is 10.2 Å². The van der Waals surface area contributed by atoms with Gasteiger partial charge >= 0.3 is 6.18 Å². The highest BCUT2D eigenvalue weighted by Crippen LogP contribution is 2.42. The zero-order valence-electron chi connectivity index (χ0n) is 16.0. The fourth-order valence-electron chi connectivity index (χ4n) is 4.20. The molecule has 7 heteroatoms.